The van der Waals surface area contributed by atoms with Gasteiger partial charge in [0.05, 0.1) is 31.4 Å². The zero-order valence-electron chi connectivity index (χ0n) is 15.9. The lowest BCUT2D eigenvalue weighted by molar-refractivity contribution is -0.120. The van der Waals surface area contributed by atoms with E-state index in [0.29, 0.717) is 33.7 Å². The summed E-state index contributed by atoms with van der Waals surface area (Å²) >= 11 is 13.9. The molecule has 0 radical (unpaired) electrons. The van der Waals surface area contributed by atoms with E-state index in [4.69, 9.17) is 32.7 Å². The number of ether oxygens (including phenoxy) is 2. The van der Waals surface area contributed by atoms with E-state index in [1.165, 1.54) is 13.3 Å². The maximum absolute atomic E-state index is 12.3. The fourth-order valence-corrected chi connectivity index (χ4v) is 3.78. The summed E-state index contributed by atoms with van der Waals surface area (Å²) in [5.74, 6) is 1.66. The molecule has 150 valence electrons. The van der Waals surface area contributed by atoms with Crippen molar-refractivity contribution in [3.63, 3.8) is 0 Å². The Labute approximate surface area is 179 Å². The normalized spacial score (nSPS) is 10.9. The maximum Gasteiger partial charge on any atom is 0.244 e. The Balaban J connectivity index is 2.07. The number of hydrogen-bond acceptors (Lipinski definition) is 5. The molecule has 0 atom stereocenters. The van der Waals surface area contributed by atoms with Crippen LogP contribution in [0.25, 0.3) is 0 Å². The van der Waals surface area contributed by atoms with E-state index in [9.17, 15) is 4.79 Å². The second kappa shape index (κ2) is 11.2. The van der Waals surface area contributed by atoms with E-state index in [1.54, 1.807) is 30.0 Å². The molecule has 2 rings (SSSR count). The van der Waals surface area contributed by atoms with Gasteiger partial charge in [0.25, 0.3) is 0 Å². The van der Waals surface area contributed by atoms with E-state index < -0.39 is 0 Å². The van der Waals surface area contributed by atoms with Gasteiger partial charge >= 0.3 is 0 Å². The van der Waals surface area contributed by atoms with Gasteiger partial charge in [-0.25, -0.2) is 5.43 Å². The van der Waals surface area contributed by atoms with Crippen LogP contribution in [0.3, 0.4) is 0 Å². The van der Waals surface area contributed by atoms with Gasteiger partial charge in [-0.05, 0) is 54.1 Å². The van der Waals surface area contributed by atoms with Crippen LogP contribution in [-0.4, -0.2) is 31.6 Å². The summed E-state index contributed by atoms with van der Waals surface area (Å²) in [5.41, 5.74) is 4.08. The van der Waals surface area contributed by atoms with E-state index in [-0.39, 0.29) is 12.3 Å². The molecule has 2 aromatic rings. The lowest BCUT2D eigenvalue weighted by atomic mass is 10.1. The molecule has 0 aliphatic carbocycles. The quantitative estimate of drug-likeness (QED) is 0.330. The molecule has 2 aromatic carbocycles. The molecule has 5 nitrogen and oxygen atoms in total. The number of hydrazone groups is 1. The molecular weight excluding hydrogens is 419 g/mol. The molecule has 0 unspecified atom stereocenters. The van der Waals surface area contributed by atoms with E-state index in [1.807, 2.05) is 19.1 Å². The predicted octanol–water partition coefficient (Wildman–Crippen LogP) is 5.21. The second-order valence-electron chi connectivity index (χ2n) is 5.62. The van der Waals surface area contributed by atoms with Crippen molar-refractivity contribution >= 4 is 47.1 Å². The number of nitrogens with one attached hydrogen (secondary N) is 1. The monoisotopic (exact) mass is 440 g/mol. The number of thioether (sulfide) groups is 1. The molecule has 0 spiro atoms. The van der Waals surface area contributed by atoms with Crippen molar-refractivity contribution in [2.75, 3.05) is 19.5 Å². The first-order valence-corrected chi connectivity index (χ1v) is 10.5. The third kappa shape index (κ3) is 6.33. The Hall–Kier alpha value is -1.89. The van der Waals surface area contributed by atoms with Crippen LogP contribution in [0.4, 0.5) is 0 Å². The molecule has 8 heteroatoms. The van der Waals surface area contributed by atoms with Gasteiger partial charge in [-0.3, -0.25) is 4.79 Å². The first kappa shape index (κ1) is 22.4. The van der Waals surface area contributed by atoms with Crippen molar-refractivity contribution in [3.05, 3.63) is 51.5 Å². The summed E-state index contributed by atoms with van der Waals surface area (Å²) in [4.78, 5) is 13.3. The number of benzene rings is 2. The highest BCUT2D eigenvalue weighted by Crippen LogP contribution is 2.35. The minimum Gasteiger partial charge on any atom is -0.491 e. The molecule has 0 fully saturated rings. The molecule has 28 heavy (non-hydrogen) atoms. The highest BCUT2D eigenvalue weighted by molar-refractivity contribution is 7.99. The summed E-state index contributed by atoms with van der Waals surface area (Å²) in [6, 6.07) is 8.99. The minimum absolute atomic E-state index is 0.188. The van der Waals surface area contributed by atoms with Crippen molar-refractivity contribution in [3.8, 4) is 11.5 Å². The maximum atomic E-state index is 12.3. The van der Waals surface area contributed by atoms with Gasteiger partial charge in [-0.1, -0.05) is 30.1 Å². The van der Waals surface area contributed by atoms with Crippen molar-refractivity contribution in [1.82, 2.24) is 5.43 Å². The third-order valence-corrected chi connectivity index (χ3v) is 5.13. The fraction of sp³-hybridized carbons (Fsp3) is 0.300. The Morgan fingerprint density at radius 3 is 2.71 bits per heavy atom. The van der Waals surface area contributed by atoms with Crippen LogP contribution >= 0.6 is 35.0 Å². The lowest BCUT2D eigenvalue weighted by Gasteiger charge is -2.11. The Bertz CT molecular complexity index is 860. The average molecular weight is 441 g/mol. The van der Waals surface area contributed by atoms with Crippen LogP contribution < -0.4 is 14.9 Å². The van der Waals surface area contributed by atoms with E-state index in [0.717, 1.165) is 16.2 Å². The van der Waals surface area contributed by atoms with Gasteiger partial charge in [0, 0.05) is 9.92 Å². The molecular formula is C20H22Cl2N2O3S. The molecule has 0 bridgehead atoms. The van der Waals surface area contributed by atoms with Gasteiger partial charge in [0.15, 0.2) is 11.5 Å². The van der Waals surface area contributed by atoms with Crippen molar-refractivity contribution in [2.45, 2.75) is 25.2 Å². The van der Waals surface area contributed by atoms with Crippen molar-refractivity contribution < 1.29 is 14.3 Å². The summed E-state index contributed by atoms with van der Waals surface area (Å²) < 4.78 is 10.8. The van der Waals surface area contributed by atoms with Gasteiger partial charge in [0.1, 0.15) is 0 Å². The van der Waals surface area contributed by atoms with E-state index in [2.05, 4.69) is 17.5 Å². The van der Waals surface area contributed by atoms with Gasteiger partial charge in [0.2, 0.25) is 5.91 Å². The molecule has 1 amide bonds. The van der Waals surface area contributed by atoms with Crippen molar-refractivity contribution in [2.24, 2.45) is 5.10 Å². The Kier molecular flexibility index (Phi) is 8.96. The number of nitrogens with zero attached hydrogens (tertiary/aromatic N) is 1. The second-order valence-corrected chi connectivity index (χ2v) is 7.77. The van der Waals surface area contributed by atoms with Crippen molar-refractivity contribution in [1.29, 1.82) is 0 Å². The zero-order valence-corrected chi connectivity index (χ0v) is 18.2. The third-order valence-electron chi connectivity index (χ3n) is 3.61. The molecule has 0 heterocycles. The van der Waals surface area contributed by atoms with Crippen LogP contribution in [0.5, 0.6) is 11.5 Å². The fourth-order valence-electron chi connectivity index (χ4n) is 2.50. The average Bonchev–Trinajstić information content (AvgIpc) is 2.64. The smallest absolute Gasteiger partial charge is 0.244 e. The number of amides is 1. The molecule has 0 aliphatic heterocycles. The predicted molar refractivity (Wildman–Crippen MR) is 116 cm³/mol. The summed E-state index contributed by atoms with van der Waals surface area (Å²) in [7, 11) is 1.53. The van der Waals surface area contributed by atoms with Crippen LogP contribution in [0.1, 0.15) is 25.0 Å². The minimum atomic E-state index is -0.235. The standard InChI is InChI=1S/C20H22Cl2N2O3S/c1-4-27-17-9-13(8-16(22)20(17)26-3)12-23-24-19(25)11-14-10-15(21)6-7-18(14)28-5-2/h6-10,12H,4-5,11H2,1-3H3,(H,24,25)/b23-12-. The highest BCUT2D eigenvalue weighted by atomic mass is 35.5. The van der Waals surface area contributed by atoms with Crippen LogP contribution in [-0.2, 0) is 11.2 Å². The van der Waals surface area contributed by atoms with Gasteiger partial charge < -0.3 is 9.47 Å². The first-order chi connectivity index (χ1) is 13.5. The highest BCUT2D eigenvalue weighted by Gasteiger charge is 2.11. The number of halogens is 2. The largest absolute Gasteiger partial charge is 0.491 e. The zero-order chi connectivity index (χ0) is 20.5. The number of carbonyl (C=O) groups excluding carboxylic acids is 1. The number of rotatable bonds is 9. The van der Waals surface area contributed by atoms with E-state index >= 15 is 0 Å². The SMILES string of the molecule is CCOc1cc(/C=N\NC(=O)Cc2cc(Cl)ccc2SCC)cc(Cl)c1OC. The summed E-state index contributed by atoms with van der Waals surface area (Å²) in [5, 5.41) is 5.02. The molecule has 0 saturated heterocycles. The van der Waals surface area contributed by atoms with Gasteiger partial charge in [-0.15, -0.1) is 11.8 Å². The summed E-state index contributed by atoms with van der Waals surface area (Å²) in [6.45, 7) is 4.40. The Morgan fingerprint density at radius 2 is 2.04 bits per heavy atom. The summed E-state index contributed by atoms with van der Waals surface area (Å²) in [6.07, 6.45) is 1.69. The number of methoxy groups -OCH3 is 1. The number of hydrogen-bond donors (Lipinski definition) is 1. The molecule has 1 N–H and O–H groups in total. The van der Waals surface area contributed by atoms with Gasteiger partial charge in [-0.2, -0.15) is 5.10 Å². The number of carbonyl (C=O) groups is 1. The van der Waals surface area contributed by atoms with Crippen LogP contribution in [0, 0.1) is 0 Å². The molecule has 0 aliphatic rings. The van der Waals surface area contributed by atoms with Crippen LogP contribution in [0.15, 0.2) is 40.3 Å². The molecule has 0 aromatic heterocycles. The Morgan fingerprint density at radius 1 is 1.25 bits per heavy atom. The molecule has 0 saturated carbocycles. The van der Waals surface area contributed by atoms with Crippen LogP contribution in [0.2, 0.25) is 10.0 Å². The lowest BCUT2D eigenvalue weighted by Crippen LogP contribution is -2.20. The topological polar surface area (TPSA) is 59.9 Å². The first-order valence-electron chi connectivity index (χ1n) is 8.71.